The number of halogens is 1. The Hall–Kier alpha value is -2.70. The zero-order valence-corrected chi connectivity index (χ0v) is 16.9. The van der Waals surface area contributed by atoms with Gasteiger partial charge in [0.05, 0.1) is 6.04 Å². The third kappa shape index (κ3) is 4.97. The standard InChI is InChI=1S/C16H16N6O5.HI/c1-21-5-2-3-10(8-21)15(24)26-9-12-11(19-20-17)7-14(27-12)22-6-4-13(23)18-16(22)25;/h2-6,8,11-12,14H,7,9H2,1H3;1H/t11-,12+,14+;/m0./s1. The van der Waals surface area contributed by atoms with Gasteiger partial charge < -0.3 is 33.5 Å². The van der Waals surface area contributed by atoms with Gasteiger partial charge in [-0.1, -0.05) is 5.11 Å². The largest absolute Gasteiger partial charge is 1.00 e. The van der Waals surface area contributed by atoms with Gasteiger partial charge in [-0.05, 0) is 11.6 Å². The van der Waals surface area contributed by atoms with Crippen LogP contribution in [0.5, 0.6) is 0 Å². The first-order valence-electron chi connectivity index (χ1n) is 8.11. The molecule has 0 aromatic carbocycles. The van der Waals surface area contributed by atoms with E-state index < -0.39 is 35.6 Å². The van der Waals surface area contributed by atoms with E-state index in [1.807, 2.05) is 0 Å². The predicted molar refractivity (Wildman–Crippen MR) is 90.7 cm³/mol. The van der Waals surface area contributed by atoms with Crippen LogP contribution in [0, 0.1) is 0 Å². The smallest absolute Gasteiger partial charge is 0.344 e. The molecule has 2 aromatic rings. The maximum Gasteiger partial charge on any atom is 0.344 e. The van der Waals surface area contributed by atoms with Gasteiger partial charge in [-0.3, -0.25) is 14.3 Å². The molecule has 3 heterocycles. The van der Waals surface area contributed by atoms with Gasteiger partial charge in [0.15, 0.2) is 12.4 Å². The number of aromatic amines is 1. The number of H-pyrrole nitrogens is 1. The zero-order valence-electron chi connectivity index (χ0n) is 14.8. The first-order chi connectivity index (χ1) is 13.0. The normalized spacial score (nSPS) is 20.7. The van der Waals surface area contributed by atoms with E-state index in [0.29, 0.717) is 5.56 Å². The van der Waals surface area contributed by atoms with Crippen molar-refractivity contribution in [3.8, 4) is 0 Å². The van der Waals surface area contributed by atoms with Gasteiger partial charge in [-0.2, -0.15) is 0 Å². The molecule has 1 fully saturated rings. The Balaban J connectivity index is 0.00000280. The summed E-state index contributed by atoms with van der Waals surface area (Å²) in [6.45, 7) is -0.143. The predicted octanol–water partition coefficient (Wildman–Crippen LogP) is -2.81. The van der Waals surface area contributed by atoms with Gasteiger partial charge >= 0.3 is 11.7 Å². The third-order valence-electron chi connectivity index (χ3n) is 4.12. The number of hydrogen-bond donors (Lipinski definition) is 1. The fraction of sp³-hybridized carbons (Fsp3) is 0.375. The molecule has 28 heavy (non-hydrogen) atoms. The molecule has 0 aliphatic carbocycles. The molecule has 1 aliphatic rings. The van der Waals surface area contributed by atoms with Gasteiger partial charge in [0.25, 0.3) is 5.56 Å². The highest BCUT2D eigenvalue weighted by Gasteiger charge is 2.37. The van der Waals surface area contributed by atoms with E-state index in [1.54, 1.807) is 36.1 Å². The Morgan fingerprint density at radius 3 is 2.96 bits per heavy atom. The number of carbonyl (C=O) groups excluding carboxylic acids is 1. The van der Waals surface area contributed by atoms with E-state index in [0.717, 1.165) is 0 Å². The summed E-state index contributed by atoms with van der Waals surface area (Å²) in [4.78, 5) is 40.2. The zero-order chi connectivity index (χ0) is 19.4. The van der Waals surface area contributed by atoms with Crippen LogP contribution in [0.15, 0.2) is 51.5 Å². The Bertz CT molecular complexity index is 1010. The van der Waals surface area contributed by atoms with Gasteiger partial charge in [-0.15, -0.1) is 0 Å². The lowest BCUT2D eigenvalue weighted by molar-refractivity contribution is -0.671. The van der Waals surface area contributed by atoms with Crippen LogP contribution in [0.25, 0.3) is 10.4 Å². The molecule has 0 spiro atoms. The average molecular weight is 500 g/mol. The second-order valence-corrected chi connectivity index (χ2v) is 6.01. The van der Waals surface area contributed by atoms with E-state index in [1.165, 1.54) is 16.8 Å². The van der Waals surface area contributed by atoms with E-state index in [-0.39, 0.29) is 37.0 Å². The minimum absolute atomic E-state index is 0. The van der Waals surface area contributed by atoms with Crippen molar-refractivity contribution in [2.75, 3.05) is 6.61 Å². The summed E-state index contributed by atoms with van der Waals surface area (Å²) >= 11 is 0. The number of azide groups is 1. The van der Waals surface area contributed by atoms with Gasteiger partial charge in [-0.25, -0.2) is 14.2 Å². The molecule has 0 saturated carbocycles. The van der Waals surface area contributed by atoms with Gasteiger partial charge in [0.1, 0.15) is 31.5 Å². The topological polar surface area (TPSA) is 143 Å². The summed E-state index contributed by atoms with van der Waals surface area (Å²) in [5.74, 6) is -0.542. The van der Waals surface area contributed by atoms with Crippen LogP contribution in [-0.2, 0) is 16.5 Å². The van der Waals surface area contributed by atoms with Crippen LogP contribution < -0.4 is 39.8 Å². The maximum atomic E-state index is 12.2. The van der Waals surface area contributed by atoms with Crippen LogP contribution in [-0.4, -0.2) is 34.3 Å². The quantitative estimate of drug-likeness (QED) is 0.118. The first kappa shape index (κ1) is 21.6. The minimum Gasteiger partial charge on any atom is -1.00 e. The monoisotopic (exact) mass is 500 g/mol. The van der Waals surface area contributed by atoms with Crippen molar-refractivity contribution in [3.63, 3.8) is 0 Å². The molecular formula is C16H17IN6O5. The Kier molecular flexibility index (Phi) is 7.31. The number of nitrogens with zero attached hydrogens (tertiary/aromatic N) is 5. The Labute approximate surface area is 175 Å². The second-order valence-electron chi connectivity index (χ2n) is 6.01. The van der Waals surface area contributed by atoms with Crippen molar-refractivity contribution in [3.05, 3.63) is 73.6 Å². The molecule has 0 unspecified atom stereocenters. The van der Waals surface area contributed by atoms with Crippen molar-refractivity contribution in [1.82, 2.24) is 9.55 Å². The van der Waals surface area contributed by atoms with Crippen LogP contribution in [0.4, 0.5) is 0 Å². The lowest BCUT2D eigenvalue weighted by atomic mass is 10.1. The SMILES string of the molecule is C[n+]1cccc(C(=O)OC[C@H]2O[C@@H](n3ccc(=O)[nH]c3=O)C[C@@H]2N=[N+]=[N-])c1.[I-]. The highest BCUT2D eigenvalue weighted by molar-refractivity contribution is 5.88. The molecule has 0 bridgehead atoms. The van der Waals surface area contributed by atoms with Crippen molar-refractivity contribution in [1.29, 1.82) is 0 Å². The van der Waals surface area contributed by atoms with Crippen molar-refractivity contribution < 1.29 is 42.8 Å². The van der Waals surface area contributed by atoms with Gasteiger partial charge in [0.2, 0.25) is 0 Å². The highest BCUT2D eigenvalue weighted by Crippen LogP contribution is 2.30. The fourth-order valence-corrected chi connectivity index (χ4v) is 2.83. The number of ether oxygens (including phenoxy) is 2. The number of aryl methyl sites for hydroxylation is 1. The average Bonchev–Trinajstić information content (AvgIpc) is 3.02. The molecule has 3 atom stereocenters. The van der Waals surface area contributed by atoms with Crippen LogP contribution >= 0.6 is 0 Å². The van der Waals surface area contributed by atoms with Crippen molar-refractivity contribution in [2.45, 2.75) is 24.8 Å². The summed E-state index contributed by atoms with van der Waals surface area (Å²) in [6, 6.07) is 3.89. The summed E-state index contributed by atoms with van der Waals surface area (Å²) in [6.07, 6.45) is 3.44. The second kappa shape index (κ2) is 9.48. The minimum atomic E-state index is -0.747. The Morgan fingerprint density at radius 1 is 1.50 bits per heavy atom. The van der Waals surface area contributed by atoms with Crippen molar-refractivity contribution >= 4 is 5.97 Å². The highest BCUT2D eigenvalue weighted by atomic mass is 127. The van der Waals surface area contributed by atoms with E-state index in [9.17, 15) is 14.4 Å². The number of hydrogen-bond acceptors (Lipinski definition) is 6. The molecule has 1 saturated heterocycles. The molecule has 3 rings (SSSR count). The van der Waals surface area contributed by atoms with E-state index in [4.69, 9.17) is 15.0 Å². The number of pyridine rings is 1. The van der Waals surface area contributed by atoms with Crippen LogP contribution in [0.3, 0.4) is 0 Å². The lowest BCUT2D eigenvalue weighted by Crippen LogP contribution is -3.00. The van der Waals surface area contributed by atoms with Crippen LogP contribution in [0.1, 0.15) is 23.0 Å². The number of aromatic nitrogens is 3. The van der Waals surface area contributed by atoms with E-state index >= 15 is 0 Å². The molecule has 2 aromatic heterocycles. The summed E-state index contributed by atoms with van der Waals surface area (Å²) in [5, 5.41) is 3.67. The number of rotatable bonds is 5. The summed E-state index contributed by atoms with van der Waals surface area (Å²) in [7, 11) is 1.78. The number of nitrogens with one attached hydrogen (secondary N) is 1. The molecule has 148 valence electrons. The lowest BCUT2D eigenvalue weighted by Gasteiger charge is -2.16. The molecular weight excluding hydrogens is 483 g/mol. The molecule has 1 aliphatic heterocycles. The van der Waals surface area contributed by atoms with Gasteiger partial charge in [0, 0.05) is 29.7 Å². The van der Waals surface area contributed by atoms with Crippen molar-refractivity contribution in [2.24, 2.45) is 12.2 Å². The maximum absolute atomic E-state index is 12.2. The molecule has 0 radical (unpaired) electrons. The molecule has 12 heteroatoms. The first-order valence-corrected chi connectivity index (χ1v) is 8.11. The van der Waals surface area contributed by atoms with E-state index in [2.05, 4.69) is 15.0 Å². The third-order valence-corrected chi connectivity index (χ3v) is 4.12. The number of carbonyl (C=O) groups is 1. The summed E-state index contributed by atoms with van der Waals surface area (Å²) < 4.78 is 13.9. The number of esters is 1. The Morgan fingerprint density at radius 2 is 2.29 bits per heavy atom. The van der Waals surface area contributed by atoms with Crippen LogP contribution in [0.2, 0.25) is 0 Å². The molecule has 1 N–H and O–H groups in total. The molecule has 11 nitrogen and oxygen atoms in total. The molecule has 0 amide bonds. The summed E-state index contributed by atoms with van der Waals surface area (Å²) in [5.41, 5.74) is 7.96. The fourth-order valence-electron chi connectivity index (χ4n) is 2.83.